The van der Waals surface area contributed by atoms with Gasteiger partial charge >= 0.3 is 0 Å². The first-order valence-corrected chi connectivity index (χ1v) is 13.2. The quantitative estimate of drug-likeness (QED) is 0.306. The summed E-state index contributed by atoms with van der Waals surface area (Å²) in [4.78, 5) is 19.0. The molecule has 0 spiro atoms. The van der Waals surface area contributed by atoms with Crippen LogP contribution in [0.15, 0.2) is 78.9 Å². The Bertz CT molecular complexity index is 1570. The summed E-state index contributed by atoms with van der Waals surface area (Å²) in [6, 6.07) is 24.4. The van der Waals surface area contributed by atoms with Crippen molar-refractivity contribution in [2.24, 2.45) is 0 Å². The van der Waals surface area contributed by atoms with Gasteiger partial charge in [0, 0.05) is 44.8 Å². The van der Waals surface area contributed by atoms with Crippen LogP contribution < -0.4 is 15.0 Å². The third-order valence-corrected chi connectivity index (χ3v) is 6.94. The predicted octanol–water partition coefficient (Wildman–Crippen LogP) is 4.56. The Hall–Kier alpha value is -4.70. The highest BCUT2D eigenvalue weighted by Gasteiger charge is 2.23. The van der Waals surface area contributed by atoms with Crippen molar-refractivity contribution in [3.63, 3.8) is 0 Å². The lowest BCUT2D eigenvalue weighted by Crippen LogP contribution is -2.46. The Labute approximate surface area is 231 Å². The molecule has 2 aromatic heterocycles. The van der Waals surface area contributed by atoms with E-state index < -0.39 is 0 Å². The fourth-order valence-corrected chi connectivity index (χ4v) is 4.73. The van der Waals surface area contributed by atoms with Crippen molar-refractivity contribution in [1.82, 2.24) is 30.0 Å². The summed E-state index contributed by atoms with van der Waals surface area (Å²) >= 11 is 0. The molecule has 1 N–H and O–H groups in total. The monoisotopic (exact) mass is 536 g/mol. The van der Waals surface area contributed by atoms with Gasteiger partial charge < -0.3 is 15.0 Å². The zero-order valence-corrected chi connectivity index (χ0v) is 22.2. The van der Waals surface area contributed by atoms with E-state index in [4.69, 9.17) is 14.7 Å². The molecular weight excluding hydrogens is 507 g/mol. The van der Waals surface area contributed by atoms with Crippen LogP contribution in [0.2, 0.25) is 0 Å². The average Bonchev–Trinajstić information content (AvgIpc) is 3.01. The largest absolute Gasteiger partial charge is 0.497 e. The molecule has 1 aliphatic rings. The van der Waals surface area contributed by atoms with E-state index in [2.05, 4.69) is 42.4 Å². The molecule has 1 fully saturated rings. The van der Waals surface area contributed by atoms with Gasteiger partial charge in [0.2, 0.25) is 11.6 Å². The first-order chi connectivity index (χ1) is 19.6. The minimum atomic E-state index is -0.317. The molecule has 3 heterocycles. The molecule has 202 valence electrons. The fraction of sp³-hybridized carbons (Fsp3) is 0.233. The SMILES string of the molecule is COc1ccc(CN2CCN(c3nc(NCc4ccccc4)nc4nnc(-c5ccc(F)cc5)nc34)CC2)cc1. The van der Waals surface area contributed by atoms with E-state index in [1.54, 1.807) is 19.2 Å². The average molecular weight is 537 g/mol. The number of nitrogens with zero attached hydrogens (tertiary/aromatic N) is 7. The maximum absolute atomic E-state index is 13.5. The van der Waals surface area contributed by atoms with Crippen molar-refractivity contribution in [3.05, 3.63) is 95.8 Å². The highest BCUT2D eigenvalue weighted by molar-refractivity contribution is 5.85. The van der Waals surface area contributed by atoms with Crippen molar-refractivity contribution < 1.29 is 9.13 Å². The lowest BCUT2D eigenvalue weighted by Gasteiger charge is -2.35. The maximum Gasteiger partial charge on any atom is 0.227 e. The minimum absolute atomic E-state index is 0.317. The number of piperazine rings is 1. The van der Waals surface area contributed by atoms with Crippen molar-refractivity contribution in [2.45, 2.75) is 13.1 Å². The van der Waals surface area contributed by atoms with E-state index in [9.17, 15) is 4.39 Å². The first-order valence-electron chi connectivity index (χ1n) is 13.2. The van der Waals surface area contributed by atoms with E-state index in [-0.39, 0.29) is 5.82 Å². The Morgan fingerprint density at radius 1 is 0.800 bits per heavy atom. The molecule has 9 nitrogen and oxygen atoms in total. The number of fused-ring (bicyclic) bond motifs is 1. The Balaban J connectivity index is 1.26. The van der Waals surface area contributed by atoms with E-state index in [1.165, 1.54) is 17.7 Å². The molecule has 0 radical (unpaired) electrons. The van der Waals surface area contributed by atoms with Gasteiger partial charge in [-0.05, 0) is 47.5 Å². The Kier molecular flexibility index (Phi) is 7.41. The number of anilines is 2. The first kappa shape index (κ1) is 25.6. The van der Waals surface area contributed by atoms with Crippen molar-refractivity contribution in [3.8, 4) is 17.1 Å². The molecule has 1 aliphatic heterocycles. The molecular formula is C30H29FN8O. The van der Waals surface area contributed by atoms with Crippen molar-refractivity contribution >= 4 is 22.9 Å². The summed E-state index contributed by atoms with van der Waals surface area (Å²) in [6.07, 6.45) is 0. The summed E-state index contributed by atoms with van der Waals surface area (Å²) in [6.45, 7) is 4.73. The summed E-state index contributed by atoms with van der Waals surface area (Å²) in [5.74, 6) is 2.13. The third kappa shape index (κ3) is 5.81. The lowest BCUT2D eigenvalue weighted by atomic mass is 10.2. The second kappa shape index (κ2) is 11.6. The molecule has 0 amide bonds. The van der Waals surface area contributed by atoms with Crippen LogP contribution >= 0.6 is 0 Å². The number of aromatic nitrogens is 5. The van der Waals surface area contributed by atoms with E-state index in [1.807, 2.05) is 42.5 Å². The number of methoxy groups -OCH3 is 1. The standard InChI is InChI=1S/C30H29FN8O/c1-40-25-13-7-22(8-14-25)20-38-15-17-39(18-16-38)29-26-28(34-30(35-29)32-19-21-5-3-2-4-6-21)37-36-27(33-26)23-9-11-24(31)12-10-23/h2-14H,15-20H2,1H3,(H,32,34,35,37). The molecule has 0 aliphatic carbocycles. The smallest absolute Gasteiger partial charge is 0.227 e. The minimum Gasteiger partial charge on any atom is -0.497 e. The van der Waals surface area contributed by atoms with Crippen LogP contribution in [0.5, 0.6) is 5.75 Å². The van der Waals surface area contributed by atoms with Gasteiger partial charge in [0.1, 0.15) is 11.6 Å². The molecule has 40 heavy (non-hydrogen) atoms. The zero-order valence-electron chi connectivity index (χ0n) is 22.2. The molecule has 3 aromatic carbocycles. The summed E-state index contributed by atoms with van der Waals surface area (Å²) in [5, 5.41) is 12.0. The van der Waals surface area contributed by atoms with Crippen molar-refractivity contribution in [2.75, 3.05) is 43.5 Å². The number of benzene rings is 3. The van der Waals surface area contributed by atoms with Crippen molar-refractivity contribution in [1.29, 1.82) is 0 Å². The zero-order chi connectivity index (χ0) is 27.3. The molecule has 6 rings (SSSR count). The van der Waals surface area contributed by atoms with Gasteiger partial charge in [-0.3, -0.25) is 4.90 Å². The number of nitrogens with one attached hydrogen (secondary N) is 1. The Morgan fingerprint density at radius 2 is 1.55 bits per heavy atom. The highest BCUT2D eigenvalue weighted by Crippen LogP contribution is 2.26. The molecule has 10 heteroatoms. The topological polar surface area (TPSA) is 92.2 Å². The molecule has 5 aromatic rings. The van der Waals surface area contributed by atoms with Gasteiger partial charge in [-0.25, -0.2) is 9.37 Å². The lowest BCUT2D eigenvalue weighted by molar-refractivity contribution is 0.249. The van der Waals surface area contributed by atoms with Crippen LogP contribution in [0.25, 0.3) is 22.6 Å². The molecule has 0 bridgehead atoms. The van der Waals surface area contributed by atoms with Gasteiger partial charge in [-0.2, -0.15) is 9.97 Å². The van der Waals surface area contributed by atoms with E-state index in [0.29, 0.717) is 40.9 Å². The molecule has 0 atom stereocenters. The molecule has 0 saturated carbocycles. The van der Waals surface area contributed by atoms with Crippen LogP contribution in [-0.4, -0.2) is 63.3 Å². The van der Waals surface area contributed by atoms with Gasteiger partial charge in [-0.1, -0.05) is 42.5 Å². The van der Waals surface area contributed by atoms with E-state index >= 15 is 0 Å². The highest BCUT2D eigenvalue weighted by atomic mass is 19.1. The second-order valence-electron chi connectivity index (χ2n) is 9.64. The molecule has 1 saturated heterocycles. The maximum atomic E-state index is 13.5. The van der Waals surface area contributed by atoms with Crippen LogP contribution in [0, 0.1) is 5.82 Å². The van der Waals surface area contributed by atoms with Gasteiger partial charge in [-0.15, -0.1) is 10.2 Å². The number of hydrogen-bond acceptors (Lipinski definition) is 9. The summed E-state index contributed by atoms with van der Waals surface area (Å²) in [7, 11) is 1.68. The number of ether oxygens (including phenoxy) is 1. The predicted molar refractivity (Wildman–Crippen MR) is 153 cm³/mol. The summed E-state index contributed by atoms with van der Waals surface area (Å²) < 4.78 is 18.8. The van der Waals surface area contributed by atoms with Gasteiger partial charge in [0.25, 0.3) is 0 Å². The normalized spacial score (nSPS) is 13.9. The van der Waals surface area contributed by atoms with E-state index in [0.717, 1.165) is 44.0 Å². The van der Waals surface area contributed by atoms with Gasteiger partial charge in [0.15, 0.2) is 17.2 Å². The molecule has 0 unspecified atom stereocenters. The number of halogens is 1. The Morgan fingerprint density at radius 3 is 2.27 bits per heavy atom. The number of hydrogen-bond donors (Lipinski definition) is 1. The van der Waals surface area contributed by atoms with Crippen LogP contribution in [0.1, 0.15) is 11.1 Å². The number of rotatable bonds is 8. The second-order valence-corrected chi connectivity index (χ2v) is 9.64. The van der Waals surface area contributed by atoms with Gasteiger partial charge in [0.05, 0.1) is 7.11 Å². The fourth-order valence-electron chi connectivity index (χ4n) is 4.73. The summed E-state index contributed by atoms with van der Waals surface area (Å²) in [5.41, 5.74) is 4.03. The van der Waals surface area contributed by atoms with Crippen LogP contribution in [0.3, 0.4) is 0 Å². The van der Waals surface area contributed by atoms with Crippen LogP contribution in [0.4, 0.5) is 16.2 Å². The van der Waals surface area contributed by atoms with Crippen LogP contribution in [-0.2, 0) is 13.1 Å². The third-order valence-electron chi connectivity index (χ3n) is 6.94.